The molecular weight excluding hydrogens is 725 g/mol. The Morgan fingerprint density at radius 2 is 1.70 bits per heavy atom. The van der Waals surface area contributed by atoms with Crippen molar-refractivity contribution in [1.29, 1.82) is 0 Å². The zero-order chi connectivity index (χ0) is 38.8. The highest BCUT2D eigenvalue weighted by Crippen LogP contribution is 2.44. The molecule has 0 radical (unpaired) electrons. The first-order valence-corrected chi connectivity index (χ1v) is 20.7. The van der Waals surface area contributed by atoms with E-state index < -0.39 is 11.9 Å². The average molecular weight is 775 g/mol. The monoisotopic (exact) mass is 774 g/mol. The van der Waals surface area contributed by atoms with Gasteiger partial charge in [0.1, 0.15) is 35.3 Å². The molecule has 3 amide bonds. The number of anilines is 1. The number of ether oxygens (including phenoxy) is 3. The molecule has 6 heterocycles. The third-order valence-electron chi connectivity index (χ3n) is 13.4. The molecule has 1 atom stereocenters. The largest absolute Gasteiger partial charge is 0.496 e. The number of methoxy groups -OCH3 is 1. The molecule has 1 unspecified atom stereocenters. The summed E-state index contributed by atoms with van der Waals surface area (Å²) in [7, 11) is 1.67. The molecule has 2 aromatic heterocycles. The van der Waals surface area contributed by atoms with Gasteiger partial charge in [0.25, 0.3) is 5.91 Å². The number of aromatic amines is 1. The number of aromatic nitrogens is 4. The molecule has 14 heteroatoms. The molecule has 3 saturated heterocycles. The Labute approximate surface area is 331 Å². The van der Waals surface area contributed by atoms with Crippen LogP contribution in [-0.4, -0.2) is 111 Å². The molecule has 4 aliphatic heterocycles. The van der Waals surface area contributed by atoms with Crippen LogP contribution >= 0.6 is 0 Å². The number of H-pyrrole nitrogens is 1. The first-order valence-electron chi connectivity index (χ1n) is 20.7. The van der Waals surface area contributed by atoms with Gasteiger partial charge in [0.15, 0.2) is 0 Å². The molecule has 10 rings (SSSR count). The van der Waals surface area contributed by atoms with Gasteiger partial charge >= 0.3 is 0 Å². The number of carbonyl (C=O) groups is 3. The lowest BCUT2D eigenvalue weighted by Crippen LogP contribution is -2.52. The first kappa shape index (κ1) is 36.3. The minimum Gasteiger partial charge on any atom is -0.496 e. The number of nitrogens with zero attached hydrogens (tertiary/aromatic N) is 6. The number of benzene rings is 2. The van der Waals surface area contributed by atoms with E-state index in [4.69, 9.17) is 14.2 Å². The van der Waals surface area contributed by atoms with Crippen LogP contribution in [0.3, 0.4) is 0 Å². The van der Waals surface area contributed by atoms with Crippen LogP contribution in [0.25, 0.3) is 22.3 Å². The lowest BCUT2D eigenvalue weighted by molar-refractivity contribution is -0.136. The molecule has 4 aromatic rings. The predicted molar refractivity (Wildman–Crippen MR) is 211 cm³/mol. The first-order chi connectivity index (χ1) is 27.7. The van der Waals surface area contributed by atoms with Gasteiger partial charge in [-0.2, -0.15) is 5.10 Å². The van der Waals surface area contributed by atoms with Gasteiger partial charge in [-0.05, 0) is 114 Å². The standard InChI is InChI=1S/C43H50N8O6/c1-43(13-14-43)57-28-3-6-34-32(21-28)39(48-47-34)35-22-37(45-24-44-35)50-17-11-27(12-18-50)56-29-19-26(20-29)49-15-9-25(10-16-49)30-4-5-31-33(40(30)55-2)23-51(42(31)54)36-7-8-38(52)46-41(36)53/h3-6,21-22,24-27,29,36H,7-20,23H2,1-2H3,(H,47,48)(H,46,52,53)/t26-,29-,36?. The summed E-state index contributed by atoms with van der Waals surface area (Å²) in [5.74, 6) is 2.04. The van der Waals surface area contributed by atoms with Gasteiger partial charge in [0.2, 0.25) is 11.8 Å². The number of fused-ring (bicyclic) bond motifs is 2. The molecule has 2 N–H and O–H groups in total. The van der Waals surface area contributed by atoms with E-state index in [1.807, 2.05) is 24.3 Å². The maximum atomic E-state index is 13.4. The highest BCUT2D eigenvalue weighted by molar-refractivity contribution is 6.05. The molecule has 57 heavy (non-hydrogen) atoms. The number of hydrogen-bond acceptors (Lipinski definition) is 11. The topological polar surface area (TPSA) is 155 Å². The van der Waals surface area contributed by atoms with E-state index >= 15 is 0 Å². The number of imide groups is 1. The van der Waals surface area contributed by atoms with Gasteiger partial charge in [-0.3, -0.25) is 24.8 Å². The number of carbonyl (C=O) groups excluding carboxylic acids is 3. The number of rotatable bonds is 10. The zero-order valence-electron chi connectivity index (χ0n) is 32.7. The van der Waals surface area contributed by atoms with Gasteiger partial charge in [0.05, 0.1) is 42.8 Å². The number of hydrogen-bond donors (Lipinski definition) is 2. The molecule has 14 nitrogen and oxygen atoms in total. The van der Waals surface area contributed by atoms with Crippen molar-refractivity contribution in [2.45, 2.75) is 113 Å². The van der Waals surface area contributed by atoms with Crippen LogP contribution < -0.4 is 19.7 Å². The third-order valence-corrected chi connectivity index (χ3v) is 13.4. The molecule has 0 bridgehead atoms. The second-order valence-electron chi connectivity index (χ2n) is 17.1. The lowest BCUT2D eigenvalue weighted by Gasteiger charge is -2.47. The Bertz CT molecular complexity index is 2220. The molecule has 298 valence electrons. The SMILES string of the molecule is COc1c(C2CCN([C@H]3C[C@H](OC4CCN(c5cc(-c6[nH]nc7ccc(OC8(C)CC8)cc67)ncn5)CC4)C3)CC2)ccc2c1CN(C1CCC(=O)NC1=O)C2=O. The van der Waals surface area contributed by atoms with E-state index in [9.17, 15) is 14.4 Å². The fourth-order valence-electron chi connectivity index (χ4n) is 9.68. The van der Waals surface area contributed by atoms with Crippen molar-refractivity contribution in [2.24, 2.45) is 0 Å². The van der Waals surface area contributed by atoms with E-state index in [0.29, 0.717) is 36.6 Å². The Kier molecular flexibility index (Phi) is 9.15. The van der Waals surface area contributed by atoms with Crippen molar-refractivity contribution >= 4 is 34.4 Å². The lowest BCUT2D eigenvalue weighted by atomic mass is 9.82. The molecule has 6 aliphatic rings. The van der Waals surface area contributed by atoms with Crippen LogP contribution in [0.2, 0.25) is 0 Å². The van der Waals surface area contributed by atoms with Gasteiger partial charge in [0, 0.05) is 48.1 Å². The van der Waals surface area contributed by atoms with Crippen LogP contribution in [-0.2, 0) is 20.9 Å². The van der Waals surface area contributed by atoms with Crippen LogP contribution in [0, 0.1) is 0 Å². The quantitative estimate of drug-likeness (QED) is 0.207. The smallest absolute Gasteiger partial charge is 0.255 e. The average Bonchev–Trinajstić information content (AvgIpc) is 3.63. The highest BCUT2D eigenvalue weighted by atomic mass is 16.5. The summed E-state index contributed by atoms with van der Waals surface area (Å²) in [4.78, 5) is 53.4. The maximum absolute atomic E-state index is 13.4. The predicted octanol–water partition coefficient (Wildman–Crippen LogP) is 5.12. The number of nitrogens with one attached hydrogen (secondary N) is 2. The van der Waals surface area contributed by atoms with Crippen molar-refractivity contribution in [1.82, 2.24) is 35.3 Å². The molecule has 2 aromatic carbocycles. The maximum Gasteiger partial charge on any atom is 0.255 e. The Balaban J connectivity index is 0.697. The summed E-state index contributed by atoms with van der Waals surface area (Å²) in [6, 6.07) is 12.0. The van der Waals surface area contributed by atoms with Crippen molar-refractivity contribution < 1.29 is 28.6 Å². The Morgan fingerprint density at radius 1 is 0.895 bits per heavy atom. The van der Waals surface area contributed by atoms with E-state index in [-0.39, 0.29) is 29.9 Å². The fraction of sp³-hybridized carbons (Fsp3) is 0.535. The minimum atomic E-state index is -0.638. The molecular formula is C43H50N8O6. The van der Waals surface area contributed by atoms with E-state index in [2.05, 4.69) is 54.3 Å². The fourth-order valence-corrected chi connectivity index (χ4v) is 9.68. The molecule has 2 saturated carbocycles. The summed E-state index contributed by atoms with van der Waals surface area (Å²) in [6.45, 7) is 6.29. The van der Waals surface area contributed by atoms with E-state index in [1.165, 1.54) is 0 Å². The molecule has 0 spiro atoms. The summed E-state index contributed by atoms with van der Waals surface area (Å²) in [5, 5.41) is 11.1. The van der Waals surface area contributed by atoms with Gasteiger partial charge in [-0.25, -0.2) is 9.97 Å². The highest BCUT2D eigenvalue weighted by Gasteiger charge is 2.43. The Morgan fingerprint density at radius 3 is 2.46 bits per heavy atom. The zero-order valence-corrected chi connectivity index (χ0v) is 32.7. The third kappa shape index (κ3) is 6.90. The van der Waals surface area contributed by atoms with Crippen molar-refractivity contribution in [2.75, 3.05) is 38.2 Å². The van der Waals surface area contributed by atoms with Crippen LogP contribution in [0.5, 0.6) is 11.5 Å². The Hall–Kier alpha value is -5.08. The molecule has 2 aliphatic carbocycles. The van der Waals surface area contributed by atoms with Crippen molar-refractivity contribution in [3.63, 3.8) is 0 Å². The minimum absolute atomic E-state index is 0.0473. The van der Waals surface area contributed by atoms with Crippen molar-refractivity contribution in [3.8, 4) is 22.9 Å². The number of piperidine rings is 3. The summed E-state index contributed by atoms with van der Waals surface area (Å²) in [5.41, 5.74) is 5.12. The summed E-state index contributed by atoms with van der Waals surface area (Å²) < 4.78 is 18.8. The van der Waals surface area contributed by atoms with E-state index in [0.717, 1.165) is 128 Å². The van der Waals surface area contributed by atoms with E-state index in [1.54, 1.807) is 18.3 Å². The van der Waals surface area contributed by atoms with Gasteiger partial charge < -0.3 is 28.9 Å². The summed E-state index contributed by atoms with van der Waals surface area (Å²) >= 11 is 0. The second kappa shape index (κ2) is 14.4. The van der Waals surface area contributed by atoms with Crippen LogP contribution in [0.4, 0.5) is 5.82 Å². The number of amides is 3. The van der Waals surface area contributed by atoms with Gasteiger partial charge in [-0.15, -0.1) is 0 Å². The normalized spacial score (nSPS) is 25.4. The van der Waals surface area contributed by atoms with Gasteiger partial charge in [-0.1, -0.05) is 6.07 Å². The number of likely N-dealkylation sites (tertiary alicyclic amines) is 1. The van der Waals surface area contributed by atoms with Crippen LogP contribution in [0.1, 0.15) is 98.5 Å². The summed E-state index contributed by atoms with van der Waals surface area (Å²) in [6.07, 6.45) is 11.1. The molecule has 5 fully saturated rings. The van der Waals surface area contributed by atoms with Crippen molar-refractivity contribution in [3.05, 3.63) is 59.4 Å². The van der Waals surface area contributed by atoms with Crippen LogP contribution in [0.15, 0.2) is 42.7 Å². The second-order valence-corrected chi connectivity index (χ2v) is 17.1.